The van der Waals surface area contributed by atoms with Crippen LogP contribution in [-0.2, 0) is 4.79 Å². The third-order valence-corrected chi connectivity index (χ3v) is 3.77. The first-order valence-electron chi connectivity index (χ1n) is 5.48. The average molecular weight is 282 g/mol. The van der Waals surface area contributed by atoms with Crippen molar-refractivity contribution < 1.29 is 4.79 Å². The minimum atomic E-state index is 0.0220. The van der Waals surface area contributed by atoms with Crippen LogP contribution in [0, 0.1) is 0 Å². The summed E-state index contributed by atoms with van der Waals surface area (Å²) in [6.07, 6.45) is 0.451. The molecule has 0 N–H and O–H groups in total. The summed E-state index contributed by atoms with van der Waals surface area (Å²) in [7, 11) is 1.71. The number of carbonyl (C=O) groups excluding carboxylic acids is 1. The molecule has 0 aliphatic carbocycles. The standard InChI is InChI=1S/C12H12ClN3OS/c1-3-10(17)16(2)12-15-14-11(18-12)8-4-6-9(13)7-5-8/h4-7H,3H2,1-2H3. The largest absolute Gasteiger partial charge is 0.290 e. The van der Waals surface area contributed by atoms with Gasteiger partial charge in [-0.3, -0.25) is 9.69 Å². The van der Waals surface area contributed by atoms with Crippen molar-refractivity contribution in [3.05, 3.63) is 29.3 Å². The second kappa shape index (κ2) is 5.46. The van der Waals surface area contributed by atoms with Crippen LogP contribution in [-0.4, -0.2) is 23.2 Å². The minimum absolute atomic E-state index is 0.0220. The smallest absolute Gasteiger partial charge is 0.228 e. The number of hydrogen-bond donors (Lipinski definition) is 0. The fraction of sp³-hybridized carbons (Fsp3) is 0.250. The first-order valence-corrected chi connectivity index (χ1v) is 6.67. The van der Waals surface area contributed by atoms with E-state index in [1.165, 1.54) is 16.2 Å². The Morgan fingerprint density at radius 3 is 2.61 bits per heavy atom. The minimum Gasteiger partial charge on any atom is -0.290 e. The van der Waals surface area contributed by atoms with Crippen LogP contribution >= 0.6 is 22.9 Å². The SMILES string of the molecule is CCC(=O)N(C)c1nnc(-c2ccc(Cl)cc2)s1. The number of benzene rings is 1. The molecule has 2 rings (SSSR count). The Hall–Kier alpha value is -1.46. The van der Waals surface area contributed by atoms with Crippen LogP contribution in [0.25, 0.3) is 10.6 Å². The van der Waals surface area contributed by atoms with Crippen LogP contribution < -0.4 is 4.90 Å². The zero-order chi connectivity index (χ0) is 13.1. The molecule has 0 bridgehead atoms. The summed E-state index contributed by atoms with van der Waals surface area (Å²) in [6, 6.07) is 7.38. The number of rotatable bonds is 3. The maximum absolute atomic E-state index is 11.6. The van der Waals surface area contributed by atoms with E-state index < -0.39 is 0 Å². The molecule has 6 heteroatoms. The molecule has 0 atom stereocenters. The van der Waals surface area contributed by atoms with Gasteiger partial charge in [-0.2, -0.15) is 0 Å². The van der Waals surface area contributed by atoms with Gasteiger partial charge in [0, 0.05) is 24.1 Å². The fourth-order valence-corrected chi connectivity index (χ4v) is 2.36. The number of amides is 1. The van der Waals surface area contributed by atoms with Gasteiger partial charge < -0.3 is 0 Å². The number of hydrogen-bond acceptors (Lipinski definition) is 4. The lowest BCUT2D eigenvalue weighted by atomic mass is 10.2. The quantitative estimate of drug-likeness (QED) is 0.868. The number of carbonyl (C=O) groups is 1. The second-order valence-electron chi connectivity index (χ2n) is 3.70. The molecule has 1 heterocycles. The van der Waals surface area contributed by atoms with Crippen molar-refractivity contribution in [2.24, 2.45) is 0 Å². The van der Waals surface area contributed by atoms with Gasteiger partial charge in [-0.1, -0.05) is 42.0 Å². The fourth-order valence-electron chi connectivity index (χ4n) is 1.40. The highest BCUT2D eigenvalue weighted by atomic mass is 35.5. The van der Waals surface area contributed by atoms with Crippen LogP contribution in [0.5, 0.6) is 0 Å². The summed E-state index contributed by atoms with van der Waals surface area (Å²) in [4.78, 5) is 13.1. The predicted molar refractivity (Wildman–Crippen MR) is 74.1 cm³/mol. The normalized spacial score (nSPS) is 10.4. The highest BCUT2D eigenvalue weighted by molar-refractivity contribution is 7.18. The van der Waals surface area contributed by atoms with Crippen molar-refractivity contribution in [1.29, 1.82) is 0 Å². The topological polar surface area (TPSA) is 46.1 Å². The summed E-state index contributed by atoms with van der Waals surface area (Å²) >= 11 is 7.21. The molecule has 4 nitrogen and oxygen atoms in total. The van der Waals surface area contributed by atoms with E-state index in [0.29, 0.717) is 16.6 Å². The van der Waals surface area contributed by atoms with Gasteiger partial charge in [0.2, 0.25) is 11.0 Å². The van der Waals surface area contributed by atoms with Crippen molar-refractivity contribution in [1.82, 2.24) is 10.2 Å². The van der Waals surface area contributed by atoms with Crippen LogP contribution in [0.1, 0.15) is 13.3 Å². The van der Waals surface area contributed by atoms with E-state index in [1.54, 1.807) is 19.2 Å². The molecule has 0 fully saturated rings. The molecule has 0 saturated carbocycles. The van der Waals surface area contributed by atoms with E-state index in [2.05, 4.69) is 10.2 Å². The summed E-state index contributed by atoms with van der Waals surface area (Å²) < 4.78 is 0. The first kappa shape index (κ1) is 13.0. The molecule has 0 radical (unpaired) electrons. The Labute approximate surface area is 114 Å². The molecule has 0 spiro atoms. The highest BCUT2D eigenvalue weighted by Gasteiger charge is 2.14. The Bertz CT molecular complexity index is 553. The molecule has 0 saturated heterocycles. The van der Waals surface area contributed by atoms with E-state index in [0.717, 1.165) is 10.6 Å². The van der Waals surface area contributed by atoms with Gasteiger partial charge >= 0.3 is 0 Å². The molecule has 2 aromatic rings. The van der Waals surface area contributed by atoms with Gasteiger partial charge in [0.15, 0.2) is 0 Å². The van der Waals surface area contributed by atoms with E-state index >= 15 is 0 Å². The molecule has 0 unspecified atom stereocenters. The van der Waals surface area contributed by atoms with E-state index in [1.807, 2.05) is 19.1 Å². The van der Waals surface area contributed by atoms with E-state index in [9.17, 15) is 4.79 Å². The number of anilines is 1. The van der Waals surface area contributed by atoms with Gasteiger partial charge in [0.05, 0.1) is 0 Å². The molecular formula is C12H12ClN3OS. The third-order valence-electron chi connectivity index (χ3n) is 2.47. The van der Waals surface area contributed by atoms with Crippen LogP contribution in [0.3, 0.4) is 0 Å². The summed E-state index contributed by atoms with van der Waals surface area (Å²) in [6.45, 7) is 1.82. The number of nitrogens with zero attached hydrogens (tertiary/aromatic N) is 3. The molecule has 94 valence electrons. The predicted octanol–water partition coefficient (Wildman–Crippen LogP) is 3.23. The maximum atomic E-state index is 11.6. The average Bonchev–Trinajstić information content (AvgIpc) is 2.87. The van der Waals surface area contributed by atoms with Crippen LogP contribution in [0.15, 0.2) is 24.3 Å². The monoisotopic (exact) mass is 281 g/mol. The Morgan fingerprint density at radius 1 is 1.33 bits per heavy atom. The van der Waals surface area contributed by atoms with Gasteiger partial charge in [-0.15, -0.1) is 10.2 Å². The molecule has 1 aromatic carbocycles. The van der Waals surface area contributed by atoms with Crippen molar-refractivity contribution in [3.63, 3.8) is 0 Å². The zero-order valence-electron chi connectivity index (χ0n) is 10.1. The molecule has 18 heavy (non-hydrogen) atoms. The highest BCUT2D eigenvalue weighted by Crippen LogP contribution is 2.29. The van der Waals surface area contributed by atoms with Crippen molar-refractivity contribution in [3.8, 4) is 10.6 Å². The number of aromatic nitrogens is 2. The lowest BCUT2D eigenvalue weighted by Gasteiger charge is -2.10. The second-order valence-corrected chi connectivity index (χ2v) is 5.10. The number of halogens is 1. The summed E-state index contributed by atoms with van der Waals surface area (Å²) in [5, 5.41) is 10.2. The van der Waals surface area contributed by atoms with Crippen LogP contribution in [0.4, 0.5) is 5.13 Å². The summed E-state index contributed by atoms with van der Waals surface area (Å²) in [5.74, 6) is 0.0220. The molecule has 0 aliphatic heterocycles. The molecule has 1 amide bonds. The van der Waals surface area contributed by atoms with Crippen molar-refractivity contribution >= 4 is 34.0 Å². The van der Waals surface area contributed by atoms with Gasteiger partial charge in [0.25, 0.3) is 0 Å². The van der Waals surface area contributed by atoms with Crippen molar-refractivity contribution in [2.45, 2.75) is 13.3 Å². The van der Waals surface area contributed by atoms with E-state index in [4.69, 9.17) is 11.6 Å². The van der Waals surface area contributed by atoms with Gasteiger partial charge in [-0.05, 0) is 12.1 Å². The lowest BCUT2D eigenvalue weighted by molar-refractivity contribution is -0.118. The van der Waals surface area contributed by atoms with Gasteiger partial charge in [0.1, 0.15) is 5.01 Å². The molecular weight excluding hydrogens is 270 g/mol. The molecule has 1 aromatic heterocycles. The molecule has 0 aliphatic rings. The maximum Gasteiger partial charge on any atom is 0.228 e. The Balaban J connectivity index is 2.25. The first-order chi connectivity index (χ1) is 8.61. The Kier molecular flexibility index (Phi) is 3.93. The van der Waals surface area contributed by atoms with Crippen molar-refractivity contribution in [2.75, 3.05) is 11.9 Å². The van der Waals surface area contributed by atoms with E-state index in [-0.39, 0.29) is 5.91 Å². The third kappa shape index (κ3) is 2.68. The van der Waals surface area contributed by atoms with Crippen LogP contribution in [0.2, 0.25) is 5.02 Å². The summed E-state index contributed by atoms with van der Waals surface area (Å²) in [5.41, 5.74) is 0.945. The van der Waals surface area contributed by atoms with Gasteiger partial charge in [-0.25, -0.2) is 0 Å². The Morgan fingerprint density at radius 2 is 2.00 bits per heavy atom. The zero-order valence-corrected chi connectivity index (χ0v) is 11.6. The lowest BCUT2D eigenvalue weighted by Crippen LogP contribution is -2.24.